The summed E-state index contributed by atoms with van der Waals surface area (Å²) in [6.07, 6.45) is 1.94. The van der Waals surface area contributed by atoms with Crippen LogP contribution in [-0.4, -0.2) is 48.7 Å². The molecule has 0 bridgehead atoms. The van der Waals surface area contributed by atoms with E-state index < -0.39 is 11.4 Å². The normalized spacial score (nSPS) is 17.8. The summed E-state index contributed by atoms with van der Waals surface area (Å²) in [7, 11) is 1.69. The fourth-order valence-corrected chi connectivity index (χ4v) is 2.15. The van der Waals surface area contributed by atoms with Crippen molar-refractivity contribution in [2.45, 2.75) is 33.1 Å². The Bertz CT molecular complexity index is 306. The molecule has 18 heavy (non-hydrogen) atoms. The number of ether oxygens (including phenoxy) is 1. The number of likely N-dealkylation sites (tertiary alicyclic amines) is 1. The lowest BCUT2D eigenvalue weighted by atomic mass is 9.88. The lowest BCUT2D eigenvalue weighted by molar-refractivity contribution is -0.151. The smallest absolute Gasteiger partial charge is 0.309 e. The zero-order valence-corrected chi connectivity index (χ0v) is 11.4. The SMILES string of the molecule is COCC1CCN(C(=O)CC(C)(C)C(=O)O)CC1. The monoisotopic (exact) mass is 257 g/mol. The van der Waals surface area contributed by atoms with Gasteiger partial charge < -0.3 is 14.7 Å². The summed E-state index contributed by atoms with van der Waals surface area (Å²) in [5.74, 6) is -0.463. The number of methoxy groups -OCH3 is 1. The molecule has 0 saturated carbocycles. The third kappa shape index (κ3) is 3.98. The minimum Gasteiger partial charge on any atom is -0.481 e. The molecule has 1 amide bonds. The fourth-order valence-electron chi connectivity index (χ4n) is 2.15. The summed E-state index contributed by atoms with van der Waals surface area (Å²) in [4.78, 5) is 24.8. The molecular formula is C13H23NO4. The summed E-state index contributed by atoms with van der Waals surface area (Å²) < 4.78 is 5.11. The van der Waals surface area contributed by atoms with E-state index in [0.29, 0.717) is 19.0 Å². The maximum atomic E-state index is 12.0. The molecule has 0 aromatic heterocycles. The van der Waals surface area contributed by atoms with E-state index in [0.717, 1.165) is 19.4 Å². The van der Waals surface area contributed by atoms with E-state index in [-0.39, 0.29) is 12.3 Å². The highest BCUT2D eigenvalue weighted by molar-refractivity contribution is 5.84. The van der Waals surface area contributed by atoms with Crippen LogP contribution in [0.4, 0.5) is 0 Å². The van der Waals surface area contributed by atoms with Gasteiger partial charge in [-0.3, -0.25) is 9.59 Å². The molecule has 0 aromatic carbocycles. The number of hydrogen-bond donors (Lipinski definition) is 1. The molecule has 0 spiro atoms. The van der Waals surface area contributed by atoms with E-state index in [2.05, 4.69) is 0 Å². The van der Waals surface area contributed by atoms with Crippen LogP contribution in [-0.2, 0) is 14.3 Å². The van der Waals surface area contributed by atoms with Crippen molar-refractivity contribution in [3.63, 3.8) is 0 Å². The van der Waals surface area contributed by atoms with Crippen LogP contribution in [0.2, 0.25) is 0 Å². The predicted octanol–water partition coefficient (Wildman–Crippen LogP) is 1.37. The van der Waals surface area contributed by atoms with Gasteiger partial charge in [0.25, 0.3) is 0 Å². The molecule has 0 radical (unpaired) electrons. The molecule has 1 fully saturated rings. The van der Waals surface area contributed by atoms with Gasteiger partial charge in [-0.05, 0) is 32.6 Å². The highest BCUT2D eigenvalue weighted by Gasteiger charge is 2.33. The van der Waals surface area contributed by atoms with Gasteiger partial charge in [-0.15, -0.1) is 0 Å². The number of hydrogen-bond acceptors (Lipinski definition) is 3. The lowest BCUT2D eigenvalue weighted by Crippen LogP contribution is -2.42. The predicted molar refractivity (Wildman–Crippen MR) is 67.2 cm³/mol. The second kappa shape index (κ2) is 6.18. The number of aliphatic carboxylic acids is 1. The molecule has 1 aliphatic rings. The second-order valence-corrected chi connectivity index (χ2v) is 5.65. The molecule has 5 nitrogen and oxygen atoms in total. The molecule has 1 N–H and O–H groups in total. The van der Waals surface area contributed by atoms with Crippen molar-refractivity contribution in [3.05, 3.63) is 0 Å². The Hall–Kier alpha value is -1.10. The fraction of sp³-hybridized carbons (Fsp3) is 0.846. The number of piperidine rings is 1. The molecule has 0 unspecified atom stereocenters. The van der Waals surface area contributed by atoms with Crippen molar-refractivity contribution < 1.29 is 19.4 Å². The third-order valence-corrected chi connectivity index (χ3v) is 3.54. The van der Waals surface area contributed by atoms with Gasteiger partial charge in [-0.25, -0.2) is 0 Å². The van der Waals surface area contributed by atoms with E-state index >= 15 is 0 Å². The minimum absolute atomic E-state index is 0.0572. The maximum absolute atomic E-state index is 12.0. The van der Waals surface area contributed by atoms with Gasteiger partial charge in [0.15, 0.2) is 0 Å². The quantitative estimate of drug-likeness (QED) is 0.808. The molecule has 1 heterocycles. The number of carbonyl (C=O) groups excluding carboxylic acids is 1. The maximum Gasteiger partial charge on any atom is 0.309 e. The number of rotatable bonds is 5. The first-order valence-corrected chi connectivity index (χ1v) is 6.37. The molecule has 1 aliphatic heterocycles. The standard InChI is InChI=1S/C13H23NO4/c1-13(2,12(16)17)8-11(15)14-6-4-10(5-7-14)9-18-3/h10H,4-9H2,1-3H3,(H,16,17). The molecule has 1 saturated heterocycles. The molecule has 1 rings (SSSR count). The van der Waals surface area contributed by atoms with Crippen LogP contribution in [0, 0.1) is 11.3 Å². The minimum atomic E-state index is -0.986. The Kier molecular flexibility index (Phi) is 5.14. The van der Waals surface area contributed by atoms with Crippen molar-refractivity contribution in [3.8, 4) is 0 Å². The molecule has 0 atom stereocenters. The van der Waals surface area contributed by atoms with Gasteiger partial charge in [0.2, 0.25) is 5.91 Å². The molecular weight excluding hydrogens is 234 g/mol. The highest BCUT2D eigenvalue weighted by atomic mass is 16.5. The summed E-state index contributed by atoms with van der Waals surface area (Å²) in [5.41, 5.74) is -0.986. The topological polar surface area (TPSA) is 66.8 Å². The molecule has 0 aliphatic carbocycles. The van der Waals surface area contributed by atoms with Gasteiger partial charge in [0.05, 0.1) is 5.41 Å². The Morgan fingerprint density at radius 2 is 1.89 bits per heavy atom. The van der Waals surface area contributed by atoms with E-state index in [1.165, 1.54) is 0 Å². The molecule has 0 aromatic rings. The summed E-state index contributed by atoms with van der Waals surface area (Å²) in [6, 6.07) is 0. The average molecular weight is 257 g/mol. The van der Waals surface area contributed by atoms with Crippen LogP contribution in [0.5, 0.6) is 0 Å². The number of carboxylic acids is 1. The van der Waals surface area contributed by atoms with Crippen LogP contribution in [0.3, 0.4) is 0 Å². The Labute approximate surface area is 108 Å². The van der Waals surface area contributed by atoms with Crippen LogP contribution < -0.4 is 0 Å². The first kappa shape index (κ1) is 15.0. The Balaban J connectivity index is 2.43. The molecule has 5 heteroatoms. The number of carbonyl (C=O) groups is 2. The van der Waals surface area contributed by atoms with Crippen LogP contribution in [0.15, 0.2) is 0 Å². The molecule has 104 valence electrons. The van der Waals surface area contributed by atoms with E-state index in [9.17, 15) is 9.59 Å². The van der Waals surface area contributed by atoms with Gasteiger partial charge in [0.1, 0.15) is 0 Å². The van der Waals surface area contributed by atoms with Gasteiger partial charge in [-0.2, -0.15) is 0 Å². The van der Waals surface area contributed by atoms with Crippen molar-refractivity contribution in [2.75, 3.05) is 26.8 Å². The van der Waals surface area contributed by atoms with Gasteiger partial charge >= 0.3 is 5.97 Å². The highest BCUT2D eigenvalue weighted by Crippen LogP contribution is 2.24. The first-order valence-electron chi connectivity index (χ1n) is 6.37. The van der Waals surface area contributed by atoms with Crippen molar-refractivity contribution in [2.24, 2.45) is 11.3 Å². The van der Waals surface area contributed by atoms with Crippen molar-refractivity contribution >= 4 is 11.9 Å². The lowest BCUT2D eigenvalue weighted by Gasteiger charge is -2.33. The average Bonchev–Trinajstić information content (AvgIpc) is 2.29. The van der Waals surface area contributed by atoms with E-state index in [4.69, 9.17) is 9.84 Å². The Morgan fingerprint density at radius 3 is 2.33 bits per heavy atom. The zero-order chi connectivity index (χ0) is 13.8. The third-order valence-electron chi connectivity index (χ3n) is 3.54. The van der Waals surface area contributed by atoms with E-state index in [1.54, 1.807) is 25.9 Å². The number of nitrogens with zero attached hydrogens (tertiary/aromatic N) is 1. The summed E-state index contributed by atoms with van der Waals surface area (Å²) >= 11 is 0. The number of carboxylic acid groups (broad SMARTS) is 1. The van der Waals surface area contributed by atoms with Crippen molar-refractivity contribution in [1.29, 1.82) is 0 Å². The summed E-state index contributed by atoms with van der Waals surface area (Å²) in [6.45, 7) is 5.34. The van der Waals surface area contributed by atoms with Gasteiger partial charge in [0, 0.05) is 33.2 Å². The first-order chi connectivity index (χ1) is 8.36. The second-order valence-electron chi connectivity index (χ2n) is 5.65. The van der Waals surface area contributed by atoms with Gasteiger partial charge in [-0.1, -0.05) is 0 Å². The van der Waals surface area contributed by atoms with Crippen LogP contribution in [0.25, 0.3) is 0 Å². The van der Waals surface area contributed by atoms with Crippen LogP contribution >= 0.6 is 0 Å². The van der Waals surface area contributed by atoms with Crippen molar-refractivity contribution in [1.82, 2.24) is 4.90 Å². The number of amides is 1. The summed E-state index contributed by atoms with van der Waals surface area (Å²) in [5, 5.41) is 9.01. The largest absolute Gasteiger partial charge is 0.481 e. The van der Waals surface area contributed by atoms with Crippen LogP contribution in [0.1, 0.15) is 33.1 Å². The zero-order valence-electron chi connectivity index (χ0n) is 11.4. The van der Waals surface area contributed by atoms with E-state index in [1.807, 2.05) is 0 Å². The Morgan fingerprint density at radius 1 is 1.33 bits per heavy atom.